The standard InChI is InChI=1S/C19H32N2O/c1-16(2)9-7-5-6-8-10-19(22)20-18-13-11-17(12-14-18)15-21(3)4/h11-14,16H,5-10,15H2,1-4H3,(H,20,22). The highest BCUT2D eigenvalue weighted by atomic mass is 16.1. The Hall–Kier alpha value is -1.35. The molecule has 1 aromatic carbocycles. The summed E-state index contributed by atoms with van der Waals surface area (Å²) in [5.41, 5.74) is 2.15. The summed E-state index contributed by atoms with van der Waals surface area (Å²) in [5.74, 6) is 0.919. The third-order valence-electron chi connectivity index (χ3n) is 3.67. The van der Waals surface area contributed by atoms with Crippen LogP contribution in [-0.4, -0.2) is 24.9 Å². The highest BCUT2D eigenvalue weighted by Gasteiger charge is 2.03. The molecule has 1 aromatic rings. The number of carbonyl (C=O) groups excluding carboxylic acids is 1. The summed E-state index contributed by atoms with van der Waals surface area (Å²) >= 11 is 0. The molecule has 0 atom stereocenters. The SMILES string of the molecule is CC(C)CCCCCCC(=O)Nc1ccc(CN(C)C)cc1. The van der Waals surface area contributed by atoms with E-state index in [9.17, 15) is 4.79 Å². The first-order chi connectivity index (χ1) is 10.5. The smallest absolute Gasteiger partial charge is 0.224 e. The lowest BCUT2D eigenvalue weighted by molar-refractivity contribution is -0.116. The molecule has 22 heavy (non-hydrogen) atoms. The number of hydrogen-bond acceptors (Lipinski definition) is 2. The average molecular weight is 304 g/mol. The number of unbranched alkanes of at least 4 members (excludes halogenated alkanes) is 3. The molecule has 0 aliphatic carbocycles. The molecule has 1 amide bonds. The van der Waals surface area contributed by atoms with E-state index in [1.807, 2.05) is 12.1 Å². The predicted molar refractivity (Wildman–Crippen MR) is 95.0 cm³/mol. The van der Waals surface area contributed by atoms with Crippen LogP contribution in [0, 0.1) is 5.92 Å². The summed E-state index contributed by atoms with van der Waals surface area (Å²) < 4.78 is 0. The van der Waals surface area contributed by atoms with Crippen LogP contribution >= 0.6 is 0 Å². The van der Waals surface area contributed by atoms with E-state index in [-0.39, 0.29) is 5.91 Å². The minimum Gasteiger partial charge on any atom is -0.326 e. The monoisotopic (exact) mass is 304 g/mol. The van der Waals surface area contributed by atoms with Crippen molar-refractivity contribution >= 4 is 11.6 Å². The zero-order valence-corrected chi connectivity index (χ0v) is 14.7. The molecular formula is C19H32N2O. The Morgan fingerprint density at radius 3 is 2.27 bits per heavy atom. The molecule has 0 spiro atoms. The van der Waals surface area contributed by atoms with Gasteiger partial charge in [0.15, 0.2) is 0 Å². The van der Waals surface area contributed by atoms with Gasteiger partial charge in [0.25, 0.3) is 0 Å². The maximum atomic E-state index is 11.9. The number of nitrogens with zero attached hydrogens (tertiary/aromatic N) is 1. The molecule has 0 aliphatic rings. The number of benzene rings is 1. The average Bonchev–Trinajstić information content (AvgIpc) is 2.44. The van der Waals surface area contributed by atoms with Gasteiger partial charge >= 0.3 is 0 Å². The Bertz CT molecular complexity index is 424. The van der Waals surface area contributed by atoms with Crippen molar-refractivity contribution in [3.8, 4) is 0 Å². The van der Waals surface area contributed by atoms with Crippen LogP contribution in [-0.2, 0) is 11.3 Å². The Morgan fingerprint density at radius 2 is 1.68 bits per heavy atom. The molecule has 3 heteroatoms. The lowest BCUT2D eigenvalue weighted by Crippen LogP contribution is -2.12. The van der Waals surface area contributed by atoms with Gasteiger partial charge in [-0.3, -0.25) is 4.79 Å². The maximum absolute atomic E-state index is 11.9. The number of amides is 1. The molecule has 1 N–H and O–H groups in total. The van der Waals surface area contributed by atoms with E-state index in [1.54, 1.807) is 0 Å². The molecule has 124 valence electrons. The van der Waals surface area contributed by atoms with E-state index in [0.29, 0.717) is 6.42 Å². The second-order valence-electron chi connectivity index (χ2n) is 6.83. The summed E-state index contributed by atoms with van der Waals surface area (Å²) in [6.45, 7) is 5.44. The summed E-state index contributed by atoms with van der Waals surface area (Å²) in [4.78, 5) is 14.0. The zero-order chi connectivity index (χ0) is 16.4. The van der Waals surface area contributed by atoms with Crippen LogP contribution in [0.3, 0.4) is 0 Å². The minimum atomic E-state index is 0.129. The highest BCUT2D eigenvalue weighted by Crippen LogP contribution is 2.13. The van der Waals surface area contributed by atoms with Crippen LogP contribution in [0.25, 0.3) is 0 Å². The topological polar surface area (TPSA) is 32.3 Å². The van der Waals surface area contributed by atoms with Crippen LogP contribution in [0.2, 0.25) is 0 Å². The van der Waals surface area contributed by atoms with E-state index < -0.39 is 0 Å². The predicted octanol–water partition coefficient (Wildman–Crippen LogP) is 4.68. The number of carbonyl (C=O) groups is 1. The zero-order valence-electron chi connectivity index (χ0n) is 14.7. The van der Waals surface area contributed by atoms with Gasteiger partial charge in [-0.15, -0.1) is 0 Å². The molecule has 0 radical (unpaired) electrons. The Kier molecular flexibility index (Phi) is 8.83. The van der Waals surface area contributed by atoms with Crippen LogP contribution in [0.5, 0.6) is 0 Å². The summed E-state index contributed by atoms with van der Waals surface area (Å²) in [7, 11) is 4.10. The summed E-state index contributed by atoms with van der Waals surface area (Å²) in [5, 5.41) is 2.98. The third kappa shape index (κ3) is 8.83. The molecule has 0 unspecified atom stereocenters. The van der Waals surface area contributed by atoms with Gasteiger partial charge in [-0.2, -0.15) is 0 Å². The highest BCUT2D eigenvalue weighted by molar-refractivity contribution is 5.90. The van der Waals surface area contributed by atoms with Gasteiger partial charge in [-0.05, 0) is 44.1 Å². The van der Waals surface area contributed by atoms with Crippen molar-refractivity contribution < 1.29 is 4.79 Å². The van der Waals surface area contributed by atoms with Crippen molar-refractivity contribution in [2.45, 2.75) is 58.9 Å². The molecule has 0 saturated carbocycles. The summed E-state index contributed by atoms with van der Waals surface area (Å²) in [6.07, 6.45) is 6.59. The number of rotatable bonds is 10. The lowest BCUT2D eigenvalue weighted by Gasteiger charge is -2.10. The molecule has 0 bridgehead atoms. The number of nitrogens with one attached hydrogen (secondary N) is 1. The van der Waals surface area contributed by atoms with Crippen molar-refractivity contribution in [1.29, 1.82) is 0 Å². The quantitative estimate of drug-likeness (QED) is 0.636. The number of hydrogen-bond donors (Lipinski definition) is 1. The van der Waals surface area contributed by atoms with Crippen molar-refractivity contribution in [3.63, 3.8) is 0 Å². The first-order valence-corrected chi connectivity index (χ1v) is 8.51. The van der Waals surface area contributed by atoms with Gasteiger partial charge in [0.2, 0.25) is 5.91 Å². The molecule has 3 nitrogen and oxygen atoms in total. The lowest BCUT2D eigenvalue weighted by atomic mass is 10.0. The number of anilines is 1. The van der Waals surface area contributed by atoms with Crippen molar-refractivity contribution in [1.82, 2.24) is 4.90 Å². The van der Waals surface area contributed by atoms with Crippen LogP contribution in [0.1, 0.15) is 57.9 Å². The van der Waals surface area contributed by atoms with E-state index in [0.717, 1.165) is 31.0 Å². The fourth-order valence-corrected chi connectivity index (χ4v) is 2.47. The Labute approximate surface area is 136 Å². The van der Waals surface area contributed by atoms with Gasteiger partial charge in [0.05, 0.1) is 0 Å². The van der Waals surface area contributed by atoms with E-state index in [2.05, 4.69) is 50.3 Å². The van der Waals surface area contributed by atoms with Gasteiger partial charge in [0, 0.05) is 18.7 Å². The molecule has 1 rings (SSSR count). The molecule has 0 heterocycles. The molecule has 0 fully saturated rings. The van der Waals surface area contributed by atoms with Gasteiger partial charge in [-0.25, -0.2) is 0 Å². The molecule has 0 aromatic heterocycles. The molecular weight excluding hydrogens is 272 g/mol. The first-order valence-electron chi connectivity index (χ1n) is 8.51. The van der Waals surface area contributed by atoms with Gasteiger partial charge in [0.1, 0.15) is 0 Å². The minimum absolute atomic E-state index is 0.129. The maximum Gasteiger partial charge on any atom is 0.224 e. The summed E-state index contributed by atoms with van der Waals surface area (Å²) in [6, 6.07) is 8.11. The van der Waals surface area contributed by atoms with Gasteiger partial charge < -0.3 is 10.2 Å². The molecule has 0 saturated heterocycles. The van der Waals surface area contributed by atoms with Crippen LogP contribution < -0.4 is 5.32 Å². The van der Waals surface area contributed by atoms with E-state index in [1.165, 1.54) is 24.8 Å². The van der Waals surface area contributed by atoms with Crippen LogP contribution in [0.4, 0.5) is 5.69 Å². The normalized spacial score (nSPS) is 11.2. The van der Waals surface area contributed by atoms with E-state index in [4.69, 9.17) is 0 Å². The molecule has 0 aliphatic heterocycles. The largest absolute Gasteiger partial charge is 0.326 e. The van der Waals surface area contributed by atoms with Crippen molar-refractivity contribution in [3.05, 3.63) is 29.8 Å². The second kappa shape index (κ2) is 10.4. The Balaban J connectivity index is 2.19. The van der Waals surface area contributed by atoms with E-state index >= 15 is 0 Å². The second-order valence-corrected chi connectivity index (χ2v) is 6.83. The van der Waals surface area contributed by atoms with Crippen molar-refractivity contribution in [2.75, 3.05) is 19.4 Å². The van der Waals surface area contributed by atoms with Crippen LogP contribution in [0.15, 0.2) is 24.3 Å². The first kappa shape index (κ1) is 18.7. The third-order valence-corrected chi connectivity index (χ3v) is 3.67. The van der Waals surface area contributed by atoms with Crippen molar-refractivity contribution in [2.24, 2.45) is 5.92 Å². The fourth-order valence-electron chi connectivity index (χ4n) is 2.47. The Morgan fingerprint density at radius 1 is 1.05 bits per heavy atom. The van der Waals surface area contributed by atoms with Gasteiger partial charge in [-0.1, -0.05) is 51.7 Å². The fraction of sp³-hybridized carbons (Fsp3) is 0.632.